The van der Waals surface area contributed by atoms with Gasteiger partial charge in [-0.15, -0.1) is 24.0 Å². The number of nitrogens with one attached hydrogen (secondary N) is 1. The van der Waals surface area contributed by atoms with Crippen LogP contribution in [0.5, 0.6) is 0 Å². The van der Waals surface area contributed by atoms with E-state index < -0.39 is 0 Å². The number of likely N-dealkylation sites (tertiary alicyclic amines) is 1. The van der Waals surface area contributed by atoms with Crippen molar-refractivity contribution < 1.29 is 9.53 Å². The maximum Gasteiger partial charge on any atom is 0.243 e. The van der Waals surface area contributed by atoms with Gasteiger partial charge in [0.1, 0.15) is 6.54 Å². The summed E-state index contributed by atoms with van der Waals surface area (Å²) in [7, 11) is 3.53. The van der Waals surface area contributed by atoms with Gasteiger partial charge in [-0.3, -0.25) is 4.79 Å². The van der Waals surface area contributed by atoms with Gasteiger partial charge < -0.3 is 19.9 Å². The number of hydrogen-bond donors (Lipinski definition) is 1. The Morgan fingerprint density at radius 3 is 2.30 bits per heavy atom. The predicted molar refractivity (Wildman–Crippen MR) is 101 cm³/mol. The molecule has 132 valence electrons. The first-order chi connectivity index (χ1) is 10.5. The number of ether oxygens (including phenoxy) is 1. The van der Waals surface area contributed by atoms with Crippen LogP contribution in [0.4, 0.5) is 0 Å². The molecule has 2 bridgehead atoms. The van der Waals surface area contributed by atoms with Crippen LogP contribution in [0, 0.1) is 11.8 Å². The Morgan fingerprint density at radius 1 is 1.26 bits per heavy atom. The first kappa shape index (κ1) is 18.8. The van der Waals surface area contributed by atoms with E-state index in [2.05, 4.69) is 29.1 Å². The molecule has 1 N–H and O–H groups in total. The van der Waals surface area contributed by atoms with Crippen LogP contribution in [0.3, 0.4) is 0 Å². The van der Waals surface area contributed by atoms with Crippen molar-refractivity contribution >= 4 is 35.8 Å². The highest BCUT2D eigenvalue weighted by Crippen LogP contribution is 2.47. The summed E-state index contributed by atoms with van der Waals surface area (Å²) in [5.41, 5.74) is 0. The lowest BCUT2D eigenvalue weighted by Gasteiger charge is -2.25. The molecule has 3 fully saturated rings. The molecule has 4 atom stereocenters. The summed E-state index contributed by atoms with van der Waals surface area (Å²) in [6, 6.07) is 0.307. The van der Waals surface area contributed by atoms with Gasteiger partial charge >= 0.3 is 0 Å². The zero-order valence-electron chi connectivity index (χ0n) is 14.5. The Labute approximate surface area is 156 Å². The Kier molecular flexibility index (Phi) is 6.16. The van der Waals surface area contributed by atoms with Gasteiger partial charge in [-0.2, -0.15) is 0 Å². The first-order valence-electron chi connectivity index (χ1n) is 8.37. The molecule has 0 radical (unpaired) electrons. The number of carbonyl (C=O) groups is 1. The Morgan fingerprint density at radius 2 is 1.83 bits per heavy atom. The predicted octanol–water partition coefficient (Wildman–Crippen LogP) is 1.16. The number of hydrogen-bond acceptors (Lipinski definition) is 3. The summed E-state index contributed by atoms with van der Waals surface area (Å²) in [6.45, 7) is 6.41. The van der Waals surface area contributed by atoms with Crippen LogP contribution in [0.1, 0.15) is 26.7 Å². The van der Waals surface area contributed by atoms with Gasteiger partial charge in [-0.25, -0.2) is 4.99 Å². The first-order valence-corrected chi connectivity index (χ1v) is 8.37. The molecule has 0 aromatic heterocycles. The lowest BCUT2D eigenvalue weighted by molar-refractivity contribution is -0.127. The van der Waals surface area contributed by atoms with Gasteiger partial charge in [0.25, 0.3) is 0 Å². The molecule has 1 amide bonds. The number of halogens is 1. The lowest BCUT2D eigenvalue weighted by Crippen LogP contribution is -2.44. The normalized spacial score (nSPS) is 32.0. The summed E-state index contributed by atoms with van der Waals surface area (Å²) in [4.78, 5) is 20.3. The third-order valence-corrected chi connectivity index (χ3v) is 5.03. The molecule has 23 heavy (non-hydrogen) atoms. The fourth-order valence-electron chi connectivity index (χ4n) is 3.91. The number of amides is 1. The fraction of sp³-hybridized carbons (Fsp3) is 0.875. The number of fused-ring (bicyclic) bond motifs is 5. The summed E-state index contributed by atoms with van der Waals surface area (Å²) in [6.07, 6.45) is 3.32. The quantitative estimate of drug-likeness (QED) is 0.410. The smallest absolute Gasteiger partial charge is 0.243 e. The number of rotatable bonds is 3. The van der Waals surface area contributed by atoms with E-state index in [1.807, 2.05) is 0 Å². The SMILES string of the molecule is CC(C)NC(=NCC(=O)N(C)C)N1CC2C3CCC(O3)C2C1.I. The molecule has 6 nitrogen and oxygen atoms in total. The Hall–Kier alpha value is -0.570. The minimum absolute atomic E-state index is 0. The maximum absolute atomic E-state index is 11.8. The molecular formula is C16H29IN4O2. The van der Waals surface area contributed by atoms with Crippen LogP contribution in [0.25, 0.3) is 0 Å². The average molecular weight is 436 g/mol. The second-order valence-corrected chi connectivity index (χ2v) is 7.25. The van der Waals surface area contributed by atoms with Crippen LogP contribution < -0.4 is 5.32 Å². The van der Waals surface area contributed by atoms with Gasteiger partial charge in [-0.1, -0.05) is 0 Å². The van der Waals surface area contributed by atoms with E-state index in [-0.39, 0.29) is 36.4 Å². The van der Waals surface area contributed by atoms with Crippen LogP contribution in [-0.4, -0.2) is 73.6 Å². The fourth-order valence-corrected chi connectivity index (χ4v) is 3.91. The number of likely N-dealkylation sites (N-methyl/N-ethyl adjacent to an activating group) is 1. The van der Waals surface area contributed by atoms with E-state index in [4.69, 9.17) is 4.74 Å². The van der Waals surface area contributed by atoms with Crippen molar-refractivity contribution in [1.29, 1.82) is 0 Å². The van der Waals surface area contributed by atoms with Gasteiger partial charge in [-0.05, 0) is 26.7 Å². The highest BCUT2D eigenvalue weighted by molar-refractivity contribution is 14.0. The maximum atomic E-state index is 11.8. The van der Waals surface area contributed by atoms with Crippen molar-refractivity contribution in [2.45, 2.75) is 44.9 Å². The van der Waals surface area contributed by atoms with E-state index in [0.717, 1.165) is 19.0 Å². The molecule has 0 aromatic rings. The minimum Gasteiger partial charge on any atom is -0.374 e. The van der Waals surface area contributed by atoms with Crippen molar-refractivity contribution in [2.24, 2.45) is 16.8 Å². The van der Waals surface area contributed by atoms with Crippen molar-refractivity contribution in [3.8, 4) is 0 Å². The zero-order chi connectivity index (χ0) is 15.9. The number of guanidine groups is 1. The molecule has 7 heteroatoms. The van der Waals surface area contributed by atoms with Crippen molar-refractivity contribution in [3.05, 3.63) is 0 Å². The van der Waals surface area contributed by atoms with Crippen molar-refractivity contribution in [2.75, 3.05) is 33.7 Å². The topological polar surface area (TPSA) is 57.2 Å². The van der Waals surface area contributed by atoms with Crippen molar-refractivity contribution in [1.82, 2.24) is 15.1 Å². The molecule has 3 heterocycles. The average Bonchev–Trinajstić information content (AvgIpc) is 3.13. The summed E-state index contributed by atoms with van der Waals surface area (Å²) in [5, 5.41) is 3.42. The standard InChI is InChI=1S/C16H28N4O2.HI/c1-10(2)18-16(17-7-15(21)19(3)4)20-8-11-12(9-20)14-6-5-13(11)22-14;/h10-14H,5-9H2,1-4H3,(H,17,18);1H. The molecule has 3 saturated heterocycles. The molecule has 0 aliphatic carbocycles. The molecule has 0 aromatic carbocycles. The third kappa shape index (κ3) is 3.92. The summed E-state index contributed by atoms with van der Waals surface area (Å²) in [5.74, 6) is 2.19. The zero-order valence-corrected chi connectivity index (χ0v) is 16.8. The van der Waals surface area contributed by atoms with Gasteiger partial charge in [0.05, 0.1) is 12.2 Å². The second-order valence-electron chi connectivity index (χ2n) is 7.25. The van der Waals surface area contributed by atoms with Gasteiger partial charge in [0, 0.05) is 45.1 Å². The number of aliphatic imine (C=N–C) groups is 1. The number of carbonyl (C=O) groups excluding carboxylic acids is 1. The highest BCUT2D eigenvalue weighted by Gasteiger charge is 2.53. The molecule has 3 aliphatic rings. The lowest BCUT2D eigenvalue weighted by atomic mass is 9.82. The monoisotopic (exact) mass is 436 g/mol. The Bertz CT molecular complexity index is 451. The second kappa shape index (κ2) is 7.55. The van der Waals surface area contributed by atoms with Crippen molar-refractivity contribution in [3.63, 3.8) is 0 Å². The largest absolute Gasteiger partial charge is 0.374 e. The van der Waals surface area contributed by atoms with Crippen LogP contribution in [0.2, 0.25) is 0 Å². The van der Waals surface area contributed by atoms with Crippen LogP contribution in [-0.2, 0) is 9.53 Å². The minimum atomic E-state index is 0. The molecule has 3 aliphatic heterocycles. The molecule has 0 spiro atoms. The molecule has 4 unspecified atom stereocenters. The van der Waals surface area contributed by atoms with E-state index in [0.29, 0.717) is 30.1 Å². The Balaban J connectivity index is 0.00000192. The summed E-state index contributed by atoms with van der Waals surface area (Å²) >= 11 is 0. The molecule has 0 saturated carbocycles. The molecule has 3 rings (SSSR count). The molecular weight excluding hydrogens is 407 g/mol. The third-order valence-electron chi connectivity index (χ3n) is 5.03. The summed E-state index contributed by atoms with van der Waals surface area (Å²) < 4.78 is 6.03. The van der Waals surface area contributed by atoms with E-state index in [1.54, 1.807) is 19.0 Å². The van der Waals surface area contributed by atoms with Crippen LogP contribution >= 0.6 is 24.0 Å². The van der Waals surface area contributed by atoms with E-state index >= 15 is 0 Å². The number of nitrogens with zero attached hydrogens (tertiary/aromatic N) is 3. The van der Waals surface area contributed by atoms with Gasteiger partial charge in [0.15, 0.2) is 5.96 Å². The van der Waals surface area contributed by atoms with E-state index in [1.165, 1.54) is 12.8 Å². The van der Waals surface area contributed by atoms with Crippen LogP contribution in [0.15, 0.2) is 4.99 Å². The van der Waals surface area contributed by atoms with E-state index in [9.17, 15) is 4.79 Å². The highest BCUT2D eigenvalue weighted by atomic mass is 127. The van der Waals surface area contributed by atoms with Gasteiger partial charge in [0.2, 0.25) is 5.91 Å².